The van der Waals surface area contributed by atoms with Crippen LogP contribution in [-0.2, 0) is 22.7 Å². The van der Waals surface area contributed by atoms with Gasteiger partial charge < -0.3 is 18.9 Å². The lowest BCUT2D eigenvalue weighted by molar-refractivity contribution is -0.130. The lowest BCUT2D eigenvalue weighted by Gasteiger charge is -2.26. The Kier molecular flexibility index (Phi) is 10.0. The Bertz CT molecular complexity index is 1450. The molecule has 214 valence electrons. The number of amides is 4. The third-order valence-electron chi connectivity index (χ3n) is 6.10. The summed E-state index contributed by atoms with van der Waals surface area (Å²) in [7, 11) is 1.52. The first kappa shape index (κ1) is 29.7. The molecule has 4 rings (SSSR count). The summed E-state index contributed by atoms with van der Waals surface area (Å²) in [5.41, 5.74) is 1.98. The van der Waals surface area contributed by atoms with Crippen molar-refractivity contribution in [2.75, 3.05) is 20.3 Å². The molecule has 0 aliphatic carbocycles. The second-order valence-electron chi connectivity index (χ2n) is 9.10. The Labute approximate surface area is 247 Å². The molecule has 10 heteroatoms. The van der Waals surface area contributed by atoms with Crippen LogP contribution in [0.2, 0.25) is 0 Å². The highest BCUT2D eigenvalue weighted by Crippen LogP contribution is 2.32. The van der Waals surface area contributed by atoms with Crippen LogP contribution in [0.15, 0.2) is 70.7 Å². The van der Waals surface area contributed by atoms with Crippen LogP contribution in [0.5, 0.6) is 23.0 Å². The van der Waals surface area contributed by atoms with E-state index in [1.165, 1.54) is 13.2 Å². The molecule has 0 aromatic heterocycles. The normalized spacial score (nSPS) is 14.2. The van der Waals surface area contributed by atoms with E-state index in [4.69, 9.17) is 18.9 Å². The molecule has 0 saturated carbocycles. The first-order valence-electron chi connectivity index (χ1n) is 13.2. The van der Waals surface area contributed by atoms with E-state index in [0.717, 1.165) is 21.4 Å². The fourth-order valence-corrected chi connectivity index (χ4v) is 4.34. The average molecular weight is 624 g/mol. The third kappa shape index (κ3) is 7.46. The number of barbiturate groups is 1. The number of nitrogens with one attached hydrogen (secondary N) is 1. The quantitative estimate of drug-likeness (QED) is 0.198. The lowest BCUT2D eigenvalue weighted by atomic mass is 10.1. The summed E-state index contributed by atoms with van der Waals surface area (Å²) in [4.78, 5) is 39.6. The van der Waals surface area contributed by atoms with E-state index in [2.05, 4.69) is 21.2 Å². The molecule has 3 aromatic carbocycles. The van der Waals surface area contributed by atoms with Gasteiger partial charge in [0.15, 0.2) is 23.0 Å². The van der Waals surface area contributed by atoms with Gasteiger partial charge in [0.25, 0.3) is 11.8 Å². The van der Waals surface area contributed by atoms with Crippen molar-refractivity contribution in [3.63, 3.8) is 0 Å². The number of carbonyl (C=O) groups excluding carboxylic acids is 3. The molecule has 1 N–H and O–H groups in total. The number of methoxy groups -OCH3 is 1. The van der Waals surface area contributed by atoms with E-state index in [1.54, 1.807) is 36.4 Å². The van der Waals surface area contributed by atoms with Crippen molar-refractivity contribution in [1.82, 2.24) is 10.2 Å². The second-order valence-corrected chi connectivity index (χ2v) is 10.0. The van der Waals surface area contributed by atoms with Crippen LogP contribution in [0.25, 0.3) is 6.08 Å². The minimum absolute atomic E-state index is 0.0628. The third-order valence-corrected chi connectivity index (χ3v) is 6.63. The Morgan fingerprint density at radius 2 is 1.54 bits per heavy atom. The second kappa shape index (κ2) is 13.8. The van der Waals surface area contributed by atoms with Gasteiger partial charge in [-0.25, -0.2) is 4.79 Å². The summed E-state index contributed by atoms with van der Waals surface area (Å²) >= 11 is 3.42. The summed E-state index contributed by atoms with van der Waals surface area (Å²) < 4.78 is 23.8. The largest absolute Gasteiger partial charge is 0.493 e. The van der Waals surface area contributed by atoms with Crippen molar-refractivity contribution in [2.45, 2.75) is 33.4 Å². The number of urea groups is 1. The Morgan fingerprint density at radius 3 is 2.24 bits per heavy atom. The Morgan fingerprint density at radius 1 is 0.829 bits per heavy atom. The zero-order valence-electron chi connectivity index (χ0n) is 23.1. The summed E-state index contributed by atoms with van der Waals surface area (Å²) in [5.74, 6) is 0.556. The van der Waals surface area contributed by atoms with E-state index in [1.807, 2.05) is 38.1 Å². The monoisotopic (exact) mass is 622 g/mol. The summed E-state index contributed by atoms with van der Waals surface area (Å²) in [5, 5.41) is 2.26. The van der Waals surface area contributed by atoms with E-state index < -0.39 is 17.8 Å². The van der Waals surface area contributed by atoms with Crippen molar-refractivity contribution in [3.8, 4) is 23.0 Å². The van der Waals surface area contributed by atoms with Crippen LogP contribution in [0.4, 0.5) is 4.79 Å². The molecule has 0 spiro atoms. The number of ether oxygens (including phenoxy) is 4. The molecule has 1 aliphatic rings. The average Bonchev–Trinajstić information content (AvgIpc) is 2.97. The smallest absolute Gasteiger partial charge is 0.331 e. The number of hydrogen-bond acceptors (Lipinski definition) is 7. The fraction of sp³-hybridized carbons (Fsp3) is 0.258. The SMILES string of the molecule is CCCOc1ccc(CN2C(=O)NC(=O)/C(=C\c3ccc(OCc4ccc(Br)cc4)c(OCC)c3)C2=O)cc1OC. The maximum Gasteiger partial charge on any atom is 0.331 e. The maximum absolute atomic E-state index is 13.3. The molecular formula is C31H31BrN2O7. The van der Waals surface area contributed by atoms with Gasteiger partial charge in [0.1, 0.15) is 12.2 Å². The molecule has 1 heterocycles. The van der Waals surface area contributed by atoms with Crippen molar-refractivity contribution in [3.05, 3.63) is 87.4 Å². The highest BCUT2D eigenvalue weighted by Gasteiger charge is 2.36. The van der Waals surface area contributed by atoms with Gasteiger partial charge in [-0.3, -0.25) is 19.8 Å². The number of hydrogen-bond donors (Lipinski definition) is 1. The predicted molar refractivity (Wildman–Crippen MR) is 157 cm³/mol. The van der Waals surface area contributed by atoms with Gasteiger partial charge in [-0.15, -0.1) is 0 Å². The molecule has 0 radical (unpaired) electrons. The summed E-state index contributed by atoms with van der Waals surface area (Å²) in [6.07, 6.45) is 2.27. The van der Waals surface area contributed by atoms with Crippen molar-refractivity contribution < 1.29 is 33.3 Å². The topological polar surface area (TPSA) is 103 Å². The highest BCUT2D eigenvalue weighted by atomic mass is 79.9. The van der Waals surface area contributed by atoms with Crippen LogP contribution in [0, 0.1) is 0 Å². The Balaban J connectivity index is 1.54. The Hall–Kier alpha value is -4.31. The molecular weight excluding hydrogens is 592 g/mol. The number of carbonyl (C=O) groups is 3. The molecule has 3 aromatic rings. The molecule has 0 atom stereocenters. The predicted octanol–water partition coefficient (Wildman–Crippen LogP) is 5.89. The number of rotatable bonds is 12. The molecule has 0 unspecified atom stereocenters. The molecule has 1 aliphatic heterocycles. The van der Waals surface area contributed by atoms with Gasteiger partial charge in [-0.2, -0.15) is 0 Å². The number of nitrogens with zero attached hydrogens (tertiary/aromatic N) is 1. The molecule has 0 bridgehead atoms. The number of benzene rings is 3. The number of halogens is 1. The standard InChI is InChI=1S/C31H31BrN2O7/c1-4-14-40-25-13-9-22(17-27(25)38-3)18-34-30(36)24(29(35)33-31(34)37)15-21-8-12-26(28(16-21)39-5-2)41-19-20-6-10-23(32)11-7-20/h6-13,15-17H,4-5,14,18-19H2,1-3H3,(H,33,35,37)/b24-15+. The minimum Gasteiger partial charge on any atom is -0.493 e. The van der Waals surface area contributed by atoms with Crippen LogP contribution in [-0.4, -0.2) is 43.1 Å². The van der Waals surface area contributed by atoms with Crippen molar-refractivity contribution >= 4 is 39.9 Å². The molecule has 41 heavy (non-hydrogen) atoms. The minimum atomic E-state index is -0.797. The lowest BCUT2D eigenvalue weighted by Crippen LogP contribution is -2.53. The molecule has 1 fully saturated rings. The van der Waals surface area contributed by atoms with Crippen LogP contribution in [0.3, 0.4) is 0 Å². The summed E-state index contributed by atoms with van der Waals surface area (Å²) in [6.45, 7) is 5.04. The maximum atomic E-state index is 13.3. The zero-order valence-corrected chi connectivity index (χ0v) is 24.7. The van der Waals surface area contributed by atoms with E-state index in [-0.39, 0.29) is 12.1 Å². The van der Waals surface area contributed by atoms with Crippen LogP contribution in [0.1, 0.15) is 37.0 Å². The summed E-state index contributed by atoms with van der Waals surface area (Å²) in [6, 6.07) is 17.3. The van der Waals surface area contributed by atoms with Crippen molar-refractivity contribution in [2.24, 2.45) is 0 Å². The number of imide groups is 2. The van der Waals surface area contributed by atoms with Crippen LogP contribution < -0.4 is 24.3 Å². The highest BCUT2D eigenvalue weighted by molar-refractivity contribution is 9.10. The van der Waals surface area contributed by atoms with Gasteiger partial charge in [0, 0.05) is 4.47 Å². The van der Waals surface area contributed by atoms with Gasteiger partial charge in [0.05, 0.1) is 26.9 Å². The van der Waals surface area contributed by atoms with E-state index in [9.17, 15) is 14.4 Å². The van der Waals surface area contributed by atoms with Crippen molar-refractivity contribution in [1.29, 1.82) is 0 Å². The zero-order chi connectivity index (χ0) is 29.4. The molecule has 4 amide bonds. The first-order chi connectivity index (χ1) is 19.8. The van der Waals surface area contributed by atoms with Gasteiger partial charge in [0.2, 0.25) is 0 Å². The van der Waals surface area contributed by atoms with Gasteiger partial charge in [-0.1, -0.05) is 47.1 Å². The van der Waals surface area contributed by atoms with E-state index in [0.29, 0.717) is 53.9 Å². The van der Waals surface area contributed by atoms with E-state index >= 15 is 0 Å². The molecule has 1 saturated heterocycles. The first-order valence-corrected chi connectivity index (χ1v) is 13.9. The molecule has 9 nitrogen and oxygen atoms in total. The van der Waals surface area contributed by atoms with Crippen LogP contribution >= 0.6 is 15.9 Å². The van der Waals surface area contributed by atoms with Gasteiger partial charge >= 0.3 is 6.03 Å². The fourth-order valence-electron chi connectivity index (χ4n) is 4.07. The van der Waals surface area contributed by atoms with Gasteiger partial charge in [-0.05, 0) is 72.5 Å².